The Labute approximate surface area is 127 Å². The maximum atomic E-state index is 12.8. The van der Waals surface area contributed by atoms with Gasteiger partial charge in [-0.25, -0.2) is 8.42 Å². The molecule has 0 radical (unpaired) electrons. The van der Waals surface area contributed by atoms with Crippen LogP contribution in [0.3, 0.4) is 0 Å². The summed E-state index contributed by atoms with van der Waals surface area (Å²) < 4.78 is 32.9. The van der Waals surface area contributed by atoms with Crippen LogP contribution in [0.2, 0.25) is 0 Å². The molecular weight excluding hydrogens is 286 g/mol. The first-order chi connectivity index (χ1) is 10.1. The van der Waals surface area contributed by atoms with Crippen LogP contribution in [-0.4, -0.2) is 39.0 Å². The van der Waals surface area contributed by atoms with Crippen LogP contribution < -0.4 is 0 Å². The molecule has 21 heavy (non-hydrogen) atoms. The van der Waals surface area contributed by atoms with E-state index in [4.69, 9.17) is 4.74 Å². The molecule has 1 saturated heterocycles. The average molecular weight is 309 g/mol. The van der Waals surface area contributed by atoms with E-state index in [2.05, 4.69) is 0 Å². The summed E-state index contributed by atoms with van der Waals surface area (Å²) in [5.74, 6) is 0. The first-order valence-corrected chi connectivity index (χ1v) is 9.10. The second-order valence-electron chi connectivity index (χ2n) is 6.23. The topological polar surface area (TPSA) is 46.6 Å². The Kier molecular flexibility index (Phi) is 4.08. The second kappa shape index (κ2) is 5.71. The molecule has 1 aliphatic heterocycles. The van der Waals surface area contributed by atoms with Gasteiger partial charge in [-0.2, -0.15) is 4.31 Å². The van der Waals surface area contributed by atoms with Gasteiger partial charge in [0, 0.05) is 25.6 Å². The number of piperidine rings is 1. The Morgan fingerprint density at radius 2 is 1.90 bits per heavy atom. The van der Waals surface area contributed by atoms with Gasteiger partial charge in [0.05, 0.1) is 11.0 Å². The fourth-order valence-electron chi connectivity index (χ4n) is 4.00. The first kappa shape index (κ1) is 15.0. The molecule has 0 N–H and O–H groups in total. The van der Waals surface area contributed by atoms with Crippen molar-refractivity contribution in [2.75, 3.05) is 20.2 Å². The zero-order valence-electron chi connectivity index (χ0n) is 12.5. The summed E-state index contributed by atoms with van der Waals surface area (Å²) in [5, 5.41) is 0. The molecule has 1 saturated carbocycles. The molecule has 2 fully saturated rings. The number of hydrogen-bond donors (Lipinski definition) is 0. The zero-order valence-corrected chi connectivity index (χ0v) is 13.3. The second-order valence-corrected chi connectivity index (χ2v) is 8.17. The monoisotopic (exact) mass is 309 g/mol. The van der Waals surface area contributed by atoms with E-state index < -0.39 is 10.0 Å². The van der Waals surface area contributed by atoms with E-state index >= 15 is 0 Å². The molecule has 1 aromatic rings. The highest BCUT2D eigenvalue weighted by atomic mass is 32.2. The summed E-state index contributed by atoms with van der Waals surface area (Å²) in [6.45, 7) is 1.22. The van der Waals surface area contributed by atoms with Crippen LogP contribution in [0, 0.1) is 5.41 Å². The molecular formula is C16H23NO3S. The van der Waals surface area contributed by atoms with E-state index in [9.17, 15) is 8.42 Å². The number of benzene rings is 1. The summed E-state index contributed by atoms with van der Waals surface area (Å²) in [7, 11) is -1.63. The Morgan fingerprint density at radius 1 is 1.19 bits per heavy atom. The molecule has 1 aliphatic carbocycles. The van der Waals surface area contributed by atoms with E-state index in [0.717, 1.165) is 32.1 Å². The normalized spacial score (nSPS) is 30.8. The Morgan fingerprint density at radius 3 is 2.62 bits per heavy atom. The highest BCUT2D eigenvalue weighted by Gasteiger charge is 2.48. The van der Waals surface area contributed by atoms with Gasteiger partial charge < -0.3 is 4.74 Å². The average Bonchev–Trinajstić information content (AvgIpc) is 2.90. The predicted molar refractivity (Wildman–Crippen MR) is 81.5 cm³/mol. The standard InChI is InChI=1S/C16H23NO3S/c1-20-15-9-5-10-16(15)11-6-12-17(13-16)21(18,19)14-7-3-2-4-8-14/h2-4,7-8,15H,5-6,9-13H2,1H3/t15-,16+/m1/s1. The minimum Gasteiger partial charge on any atom is -0.381 e. The molecule has 1 spiro atoms. The number of ether oxygens (including phenoxy) is 1. The van der Waals surface area contributed by atoms with Crippen molar-refractivity contribution < 1.29 is 13.2 Å². The molecule has 0 bridgehead atoms. The van der Waals surface area contributed by atoms with Gasteiger partial charge in [-0.05, 0) is 37.8 Å². The highest BCUT2D eigenvalue weighted by Crippen LogP contribution is 2.47. The molecule has 0 unspecified atom stereocenters. The zero-order chi connectivity index (χ0) is 14.9. The molecule has 2 atom stereocenters. The third-order valence-electron chi connectivity index (χ3n) is 5.06. The molecule has 5 heteroatoms. The number of nitrogens with zero attached hydrogens (tertiary/aromatic N) is 1. The first-order valence-electron chi connectivity index (χ1n) is 7.66. The van der Waals surface area contributed by atoms with E-state index in [-0.39, 0.29) is 11.5 Å². The Hall–Kier alpha value is -0.910. The predicted octanol–water partition coefficient (Wildman–Crippen LogP) is 2.66. The van der Waals surface area contributed by atoms with Crippen LogP contribution in [0.15, 0.2) is 35.2 Å². The van der Waals surface area contributed by atoms with Crippen molar-refractivity contribution in [3.8, 4) is 0 Å². The van der Waals surface area contributed by atoms with Gasteiger partial charge in [0.2, 0.25) is 10.0 Å². The minimum absolute atomic E-state index is 0.0227. The molecule has 0 aromatic heterocycles. The summed E-state index contributed by atoms with van der Waals surface area (Å²) in [4.78, 5) is 0.397. The van der Waals surface area contributed by atoms with Crippen LogP contribution in [0.1, 0.15) is 32.1 Å². The molecule has 0 amide bonds. The largest absolute Gasteiger partial charge is 0.381 e. The van der Waals surface area contributed by atoms with Crippen LogP contribution in [0.4, 0.5) is 0 Å². The van der Waals surface area contributed by atoms with E-state index in [1.54, 1.807) is 35.7 Å². The lowest BCUT2D eigenvalue weighted by Gasteiger charge is -2.43. The van der Waals surface area contributed by atoms with Gasteiger partial charge in [0.25, 0.3) is 0 Å². The summed E-state index contributed by atoms with van der Waals surface area (Å²) >= 11 is 0. The van der Waals surface area contributed by atoms with Gasteiger partial charge in [-0.15, -0.1) is 0 Å². The van der Waals surface area contributed by atoms with Gasteiger partial charge >= 0.3 is 0 Å². The van der Waals surface area contributed by atoms with E-state index in [1.165, 1.54) is 0 Å². The molecule has 1 heterocycles. The highest BCUT2D eigenvalue weighted by molar-refractivity contribution is 7.89. The van der Waals surface area contributed by atoms with Gasteiger partial charge in [0.1, 0.15) is 0 Å². The number of sulfonamides is 1. The molecule has 2 aliphatic rings. The molecule has 116 valence electrons. The van der Waals surface area contributed by atoms with Crippen molar-refractivity contribution in [1.82, 2.24) is 4.31 Å². The quantitative estimate of drug-likeness (QED) is 0.862. The van der Waals surface area contributed by atoms with Crippen LogP contribution in [-0.2, 0) is 14.8 Å². The summed E-state index contributed by atoms with van der Waals surface area (Å²) in [6.07, 6.45) is 5.46. The van der Waals surface area contributed by atoms with Crippen LogP contribution in [0.25, 0.3) is 0 Å². The summed E-state index contributed by atoms with van der Waals surface area (Å²) in [6, 6.07) is 8.76. The number of hydrogen-bond acceptors (Lipinski definition) is 3. The third kappa shape index (κ3) is 2.62. The maximum absolute atomic E-state index is 12.8. The molecule has 4 nitrogen and oxygen atoms in total. The Balaban J connectivity index is 1.87. The van der Waals surface area contributed by atoms with Crippen LogP contribution in [0.5, 0.6) is 0 Å². The maximum Gasteiger partial charge on any atom is 0.243 e. The van der Waals surface area contributed by atoms with Gasteiger partial charge in [0.15, 0.2) is 0 Å². The van der Waals surface area contributed by atoms with Crippen molar-refractivity contribution >= 4 is 10.0 Å². The Bertz CT molecular complexity index is 587. The smallest absolute Gasteiger partial charge is 0.243 e. The lowest BCUT2D eigenvalue weighted by Crippen LogP contribution is -2.49. The fourth-order valence-corrected chi connectivity index (χ4v) is 5.60. The summed E-state index contributed by atoms with van der Waals surface area (Å²) in [5.41, 5.74) is 0.0227. The fraction of sp³-hybridized carbons (Fsp3) is 0.625. The van der Waals surface area contributed by atoms with Crippen molar-refractivity contribution in [3.05, 3.63) is 30.3 Å². The van der Waals surface area contributed by atoms with Crippen molar-refractivity contribution in [1.29, 1.82) is 0 Å². The van der Waals surface area contributed by atoms with Gasteiger partial charge in [-0.1, -0.05) is 24.6 Å². The molecule has 3 rings (SSSR count). The number of methoxy groups -OCH3 is 1. The van der Waals surface area contributed by atoms with Gasteiger partial charge in [-0.3, -0.25) is 0 Å². The lowest BCUT2D eigenvalue weighted by molar-refractivity contribution is -0.0184. The van der Waals surface area contributed by atoms with E-state index in [1.807, 2.05) is 6.07 Å². The lowest BCUT2D eigenvalue weighted by atomic mass is 9.77. The minimum atomic E-state index is -3.38. The van der Waals surface area contributed by atoms with Crippen molar-refractivity contribution in [2.24, 2.45) is 5.41 Å². The van der Waals surface area contributed by atoms with Crippen molar-refractivity contribution in [2.45, 2.75) is 43.1 Å². The van der Waals surface area contributed by atoms with Crippen molar-refractivity contribution in [3.63, 3.8) is 0 Å². The number of rotatable bonds is 3. The molecule has 1 aromatic carbocycles. The SMILES string of the molecule is CO[C@@H]1CCC[C@@]12CCCN(S(=O)(=O)c1ccccc1)C2. The third-order valence-corrected chi connectivity index (χ3v) is 6.92. The van der Waals surface area contributed by atoms with E-state index in [0.29, 0.717) is 18.0 Å². The van der Waals surface area contributed by atoms with Crippen LogP contribution >= 0.6 is 0 Å².